The van der Waals surface area contributed by atoms with Gasteiger partial charge in [0.25, 0.3) is 0 Å². The molecule has 0 fully saturated rings. The zero-order valence-corrected chi connectivity index (χ0v) is 14.1. The lowest BCUT2D eigenvalue weighted by molar-refractivity contribution is -0.129. The lowest BCUT2D eigenvalue weighted by atomic mass is 10.4. The molecule has 118 valence electrons. The molecule has 0 aliphatic heterocycles. The van der Waals surface area contributed by atoms with Gasteiger partial charge >= 0.3 is 0 Å². The van der Waals surface area contributed by atoms with E-state index in [0.717, 1.165) is 11.4 Å². The molecule has 1 amide bonds. The third kappa shape index (κ3) is 4.27. The molecular weight excluding hydrogens is 302 g/mol. The minimum atomic E-state index is -0.296. The van der Waals surface area contributed by atoms with Gasteiger partial charge in [0, 0.05) is 25.4 Å². The standard InChI is InChI=1S/C14H19N5O2S/c1-8-6-9(2)16-14(15-8)22-10(3)13(20)19(5)7-12-18-17-11(4)21-12/h6,10H,7H2,1-5H3. The van der Waals surface area contributed by atoms with Crippen LogP contribution in [0.25, 0.3) is 0 Å². The minimum absolute atomic E-state index is 0.0383. The first kappa shape index (κ1) is 16.4. The van der Waals surface area contributed by atoms with Gasteiger partial charge in [-0.2, -0.15) is 0 Å². The van der Waals surface area contributed by atoms with Crippen molar-refractivity contribution in [1.29, 1.82) is 0 Å². The Morgan fingerprint density at radius 1 is 1.27 bits per heavy atom. The number of thioether (sulfide) groups is 1. The number of carbonyl (C=O) groups is 1. The van der Waals surface area contributed by atoms with Crippen LogP contribution < -0.4 is 0 Å². The number of aromatic nitrogens is 4. The second-order valence-corrected chi connectivity index (χ2v) is 6.41. The summed E-state index contributed by atoms with van der Waals surface area (Å²) in [6, 6.07) is 1.90. The molecule has 2 heterocycles. The molecule has 0 aliphatic rings. The van der Waals surface area contributed by atoms with E-state index < -0.39 is 0 Å². The van der Waals surface area contributed by atoms with Crippen LogP contribution in [0.3, 0.4) is 0 Å². The van der Waals surface area contributed by atoms with Crippen LogP contribution in [0.15, 0.2) is 15.6 Å². The fraction of sp³-hybridized carbons (Fsp3) is 0.500. The fourth-order valence-corrected chi connectivity index (χ4v) is 2.94. The molecule has 0 saturated heterocycles. The molecular formula is C14H19N5O2S. The van der Waals surface area contributed by atoms with Crippen LogP contribution in [0, 0.1) is 20.8 Å². The lowest BCUT2D eigenvalue weighted by Gasteiger charge is -2.19. The van der Waals surface area contributed by atoms with Gasteiger partial charge in [-0.1, -0.05) is 11.8 Å². The monoisotopic (exact) mass is 321 g/mol. The van der Waals surface area contributed by atoms with Crippen molar-refractivity contribution < 1.29 is 9.21 Å². The molecule has 2 rings (SSSR count). The Labute approximate surface area is 133 Å². The first-order valence-corrected chi connectivity index (χ1v) is 7.76. The molecule has 0 radical (unpaired) electrons. The van der Waals surface area contributed by atoms with E-state index in [-0.39, 0.29) is 17.7 Å². The lowest BCUT2D eigenvalue weighted by Crippen LogP contribution is -2.33. The van der Waals surface area contributed by atoms with E-state index in [1.54, 1.807) is 18.9 Å². The predicted molar refractivity (Wildman–Crippen MR) is 82.3 cm³/mol. The van der Waals surface area contributed by atoms with Crippen LogP contribution in [0.4, 0.5) is 0 Å². The van der Waals surface area contributed by atoms with Crippen LogP contribution in [-0.2, 0) is 11.3 Å². The number of aryl methyl sites for hydroxylation is 3. The van der Waals surface area contributed by atoms with Gasteiger partial charge in [0.05, 0.1) is 11.8 Å². The summed E-state index contributed by atoms with van der Waals surface area (Å²) < 4.78 is 5.29. The summed E-state index contributed by atoms with van der Waals surface area (Å²) in [6.45, 7) is 7.67. The molecule has 0 N–H and O–H groups in total. The third-order valence-electron chi connectivity index (χ3n) is 2.91. The van der Waals surface area contributed by atoms with Gasteiger partial charge in [-0.25, -0.2) is 9.97 Å². The number of hydrogen-bond acceptors (Lipinski definition) is 7. The predicted octanol–water partition coefficient (Wildman–Crippen LogP) is 1.92. The van der Waals surface area contributed by atoms with E-state index in [1.165, 1.54) is 11.8 Å². The zero-order valence-electron chi connectivity index (χ0n) is 13.3. The summed E-state index contributed by atoms with van der Waals surface area (Å²) in [5.74, 6) is 0.874. The second-order valence-electron chi connectivity index (χ2n) is 5.10. The average molecular weight is 321 g/mol. The largest absolute Gasteiger partial charge is 0.424 e. The highest BCUT2D eigenvalue weighted by atomic mass is 32.2. The molecule has 1 unspecified atom stereocenters. The Morgan fingerprint density at radius 2 is 1.91 bits per heavy atom. The van der Waals surface area contributed by atoms with E-state index in [2.05, 4.69) is 20.2 Å². The maximum Gasteiger partial charge on any atom is 0.236 e. The van der Waals surface area contributed by atoms with Crippen molar-refractivity contribution in [1.82, 2.24) is 25.1 Å². The van der Waals surface area contributed by atoms with Crippen LogP contribution >= 0.6 is 11.8 Å². The summed E-state index contributed by atoms with van der Waals surface area (Å²) in [5, 5.41) is 7.96. The Kier molecular flexibility index (Phi) is 5.12. The van der Waals surface area contributed by atoms with E-state index in [0.29, 0.717) is 16.9 Å². The number of rotatable bonds is 5. The van der Waals surface area contributed by atoms with Gasteiger partial charge in [-0.3, -0.25) is 4.79 Å². The highest BCUT2D eigenvalue weighted by Gasteiger charge is 2.21. The smallest absolute Gasteiger partial charge is 0.236 e. The van der Waals surface area contributed by atoms with Crippen molar-refractivity contribution in [3.8, 4) is 0 Å². The summed E-state index contributed by atoms with van der Waals surface area (Å²) in [4.78, 5) is 22.6. The number of hydrogen-bond donors (Lipinski definition) is 0. The Bertz CT molecular complexity index is 653. The normalized spacial score (nSPS) is 12.2. The zero-order chi connectivity index (χ0) is 16.3. The highest BCUT2D eigenvalue weighted by molar-refractivity contribution is 8.00. The molecule has 0 aromatic carbocycles. The average Bonchev–Trinajstić information content (AvgIpc) is 2.81. The molecule has 0 bridgehead atoms. The van der Waals surface area contributed by atoms with Crippen molar-refractivity contribution >= 4 is 17.7 Å². The van der Waals surface area contributed by atoms with Crippen LogP contribution in [0.1, 0.15) is 30.1 Å². The Balaban J connectivity index is 1.98. The van der Waals surface area contributed by atoms with Crippen LogP contribution in [0.2, 0.25) is 0 Å². The van der Waals surface area contributed by atoms with Crippen LogP contribution in [0.5, 0.6) is 0 Å². The van der Waals surface area contributed by atoms with Crippen molar-refractivity contribution in [2.45, 2.75) is 44.6 Å². The van der Waals surface area contributed by atoms with E-state index in [1.807, 2.05) is 26.8 Å². The Morgan fingerprint density at radius 3 is 2.45 bits per heavy atom. The van der Waals surface area contributed by atoms with Crippen molar-refractivity contribution in [2.24, 2.45) is 0 Å². The fourth-order valence-electron chi connectivity index (χ4n) is 1.95. The minimum Gasteiger partial charge on any atom is -0.424 e. The van der Waals surface area contributed by atoms with Crippen molar-refractivity contribution in [2.75, 3.05) is 7.05 Å². The van der Waals surface area contributed by atoms with Gasteiger partial charge < -0.3 is 9.32 Å². The van der Waals surface area contributed by atoms with Gasteiger partial charge in [0.15, 0.2) is 5.16 Å². The number of nitrogens with zero attached hydrogens (tertiary/aromatic N) is 5. The van der Waals surface area contributed by atoms with Gasteiger partial charge in [-0.05, 0) is 26.8 Å². The summed E-state index contributed by atoms with van der Waals surface area (Å²) in [6.07, 6.45) is 0. The quantitative estimate of drug-likeness (QED) is 0.614. The van der Waals surface area contributed by atoms with Gasteiger partial charge in [0.1, 0.15) is 0 Å². The van der Waals surface area contributed by atoms with E-state index in [4.69, 9.17) is 4.42 Å². The number of carbonyl (C=O) groups excluding carboxylic acids is 1. The van der Waals surface area contributed by atoms with Crippen molar-refractivity contribution in [3.05, 3.63) is 29.2 Å². The maximum atomic E-state index is 12.4. The molecule has 0 aliphatic carbocycles. The first-order valence-electron chi connectivity index (χ1n) is 6.88. The molecule has 2 aromatic heterocycles. The van der Waals surface area contributed by atoms with Crippen LogP contribution in [-0.4, -0.2) is 43.3 Å². The topological polar surface area (TPSA) is 85.0 Å². The molecule has 0 saturated carbocycles. The molecule has 2 aromatic rings. The number of amides is 1. The molecule has 7 nitrogen and oxygen atoms in total. The Hall–Kier alpha value is -1.96. The first-order chi connectivity index (χ1) is 10.3. The van der Waals surface area contributed by atoms with E-state index in [9.17, 15) is 4.79 Å². The van der Waals surface area contributed by atoms with Gasteiger partial charge in [0.2, 0.25) is 17.7 Å². The third-order valence-corrected chi connectivity index (χ3v) is 3.86. The van der Waals surface area contributed by atoms with Crippen molar-refractivity contribution in [3.63, 3.8) is 0 Å². The summed E-state index contributed by atoms with van der Waals surface area (Å²) >= 11 is 1.34. The maximum absolute atomic E-state index is 12.4. The molecule has 0 spiro atoms. The molecule has 8 heteroatoms. The highest BCUT2D eigenvalue weighted by Crippen LogP contribution is 2.21. The molecule has 22 heavy (non-hydrogen) atoms. The van der Waals surface area contributed by atoms with E-state index >= 15 is 0 Å². The summed E-state index contributed by atoms with van der Waals surface area (Å²) in [7, 11) is 1.71. The van der Waals surface area contributed by atoms with Gasteiger partial charge in [-0.15, -0.1) is 10.2 Å². The summed E-state index contributed by atoms with van der Waals surface area (Å²) in [5.41, 5.74) is 1.79. The molecule has 1 atom stereocenters. The second kappa shape index (κ2) is 6.87. The SMILES string of the molecule is Cc1cc(C)nc(SC(C)C(=O)N(C)Cc2nnc(C)o2)n1.